The number of hydrogen-bond acceptors (Lipinski definition) is 1. The summed E-state index contributed by atoms with van der Waals surface area (Å²) in [7, 11) is 0. The highest BCUT2D eigenvalue weighted by Crippen LogP contribution is 2.53. The van der Waals surface area contributed by atoms with Crippen molar-refractivity contribution in [2.75, 3.05) is 0 Å². The van der Waals surface area contributed by atoms with Gasteiger partial charge in [-0.3, -0.25) is 0 Å². The van der Waals surface area contributed by atoms with E-state index in [1.165, 1.54) is 22.3 Å². The summed E-state index contributed by atoms with van der Waals surface area (Å²) in [6.07, 6.45) is 0.975. The van der Waals surface area contributed by atoms with Gasteiger partial charge in [-0.15, -0.1) is 0 Å². The molecule has 2 unspecified atom stereocenters. The molecule has 0 saturated carbocycles. The van der Waals surface area contributed by atoms with Crippen LogP contribution in [0.3, 0.4) is 0 Å². The summed E-state index contributed by atoms with van der Waals surface area (Å²) >= 11 is 0. The largest absolute Gasteiger partial charge is 0.318 e. The Morgan fingerprint density at radius 2 is 1.52 bits per heavy atom. The first kappa shape index (κ1) is 14.3. The van der Waals surface area contributed by atoms with E-state index in [0.29, 0.717) is 5.92 Å². The summed E-state index contributed by atoms with van der Waals surface area (Å²) in [5, 5.41) is 0. The third kappa shape index (κ3) is 2.11. The second kappa shape index (κ2) is 4.71. The van der Waals surface area contributed by atoms with Gasteiger partial charge in [0.05, 0.1) is 5.54 Å². The van der Waals surface area contributed by atoms with E-state index >= 15 is 0 Å². The Labute approximate surface area is 128 Å². The van der Waals surface area contributed by atoms with Crippen LogP contribution in [-0.2, 0) is 5.54 Å². The van der Waals surface area contributed by atoms with Crippen molar-refractivity contribution in [3.63, 3.8) is 0 Å². The molecule has 2 N–H and O–H groups in total. The monoisotopic (exact) mass is 279 g/mol. The molecule has 0 amide bonds. The Kier molecular flexibility index (Phi) is 3.22. The van der Waals surface area contributed by atoms with Gasteiger partial charge in [0.15, 0.2) is 0 Å². The molecule has 2 aromatic rings. The van der Waals surface area contributed by atoms with Gasteiger partial charge in [-0.1, -0.05) is 69.3 Å². The Morgan fingerprint density at radius 3 is 2.19 bits per heavy atom. The third-order valence-corrected chi connectivity index (χ3v) is 5.44. The maximum absolute atomic E-state index is 7.03. The number of aryl methyl sites for hydroxylation is 1. The van der Waals surface area contributed by atoms with Gasteiger partial charge in [0, 0.05) is 0 Å². The predicted octanol–water partition coefficient (Wildman–Crippen LogP) is 4.73. The predicted molar refractivity (Wildman–Crippen MR) is 89.4 cm³/mol. The van der Waals surface area contributed by atoms with Crippen LogP contribution in [0.1, 0.15) is 55.4 Å². The highest BCUT2D eigenvalue weighted by Gasteiger charge is 2.46. The fourth-order valence-electron chi connectivity index (χ4n) is 3.98. The van der Waals surface area contributed by atoms with Gasteiger partial charge in [0.1, 0.15) is 0 Å². The summed E-state index contributed by atoms with van der Waals surface area (Å²) in [4.78, 5) is 0. The van der Waals surface area contributed by atoms with E-state index in [1.807, 2.05) is 0 Å². The molecule has 0 spiro atoms. The highest BCUT2D eigenvalue weighted by atomic mass is 14.8. The van der Waals surface area contributed by atoms with Crippen molar-refractivity contribution in [1.82, 2.24) is 0 Å². The summed E-state index contributed by atoms with van der Waals surface area (Å²) in [5.74, 6) is 0.523. The number of rotatable bonds is 1. The minimum absolute atomic E-state index is 0.186. The maximum Gasteiger partial charge on any atom is 0.0676 e. The lowest BCUT2D eigenvalue weighted by molar-refractivity contribution is 0.195. The van der Waals surface area contributed by atoms with Crippen molar-refractivity contribution < 1.29 is 0 Å². The smallest absolute Gasteiger partial charge is 0.0676 e. The molecule has 1 aliphatic rings. The second-order valence-electron chi connectivity index (χ2n) is 7.26. The lowest BCUT2D eigenvalue weighted by atomic mass is 9.58. The molecule has 1 nitrogen and oxygen atoms in total. The van der Waals surface area contributed by atoms with E-state index in [0.717, 1.165) is 6.42 Å². The molecular formula is C20H25N. The maximum atomic E-state index is 7.03. The summed E-state index contributed by atoms with van der Waals surface area (Å²) in [6, 6.07) is 17.3. The quantitative estimate of drug-likeness (QED) is 0.802. The Balaban J connectivity index is 2.28. The first-order chi connectivity index (χ1) is 9.86. The second-order valence-corrected chi connectivity index (χ2v) is 7.26. The molecule has 1 aliphatic carbocycles. The molecule has 0 heterocycles. The SMILES string of the molecule is Cc1ccccc1C1(N)CC(C)(C)C(C)c2ccccc21. The first-order valence-electron chi connectivity index (χ1n) is 7.81. The lowest BCUT2D eigenvalue weighted by Crippen LogP contribution is -2.48. The number of benzene rings is 2. The van der Waals surface area contributed by atoms with Crippen molar-refractivity contribution in [2.45, 2.75) is 45.6 Å². The van der Waals surface area contributed by atoms with Gasteiger partial charge in [-0.05, 0) is 46.9 Å². The lowest BCUT2D eigenvalue weighted by Gasteiger charge is -2.48. The first-order valence-corrected chi connectivity index (χ1v) is 7.81. The van der Waals surface area contributed by atoms with Gasteiger partial charge in [0.25, 0.3) is 0 Å². The van der Waals surface area contributed by atoms with Crippen LogP contribution in [0.5, 0.6) is 0 Å². The fraction of sp³-hybridized carbons (Fsp3) is 0.400. The van der Waals surface area contributed by atoms with Crippen LogP contribution in [0.15, 0.2) is 48.5 Å². The van der Waals surface area contributed by atoms with Crippen LogP contribution in [0, 0.1) is 12.3 Å². The van der Waals surface area contributed by atoms with E-state index in [2.05, 4.69) is 76.2 Å². The van der Waals surface area contributed by atoms with Gasteiger partial charge >= 0.3 is 0 Å². The summed E-state index contributed by atoms with van der Waals surface area (Å²) in [6.45, 7) is 9.18. The molecule has 0 saturated heterocycles. The van der Waals surface area contributed by atoms with E-state index < -0.39 is 5.54 Å². The van der Waals surface area contributed by atoms with Crippen LogP contribution < -0.4 is 5.73 Å². The fourth-order valence-corrected chi connectivity index (χ4v) is 3.98. The van der Waals surface area contributed by atoms with Crippen molar-refractivity contribution >= 4 is 0 Å². The third-order valence-electron chi connectivity index (χ3n) is 5.44. The van der Waals surface area contributed by atoms with Crippen LogP contribution in [0.2, 0.25) is 0 Å². The van der Waals surface area contributed by atoms with Gasteiger partial charge < -0.3 is 5.73 Å². The molecule has 1 heteroatoms. The number of nitrogens with two attached hydrogens (primary N) is 1. The Bertz CT molecular complexity index is 671. The molecule has 110 valence electrons. The topological polar surface area (TPSA) is 26.0 Å². The molecule has 2 atom stereocenters. The zero-order valence-corrected chi connectivity index (χ0v) is 13.5. The van der Waals surface area contributed by atoms with Crippen LogP contribution in [0.25, 0.3) is 0 Å². The molecule has 0 aromatic heterocycles. The van der Waals surface area contributed by atoms with Gasteiger partial charge in [-0.2, -0.15) is 0 Å². The molecule has 3 rings (SSSR count). The molecular weight excluding hydrogens is 254 g/mol. The standard InChI is InChI=1S/C20H25N/c1-14-9-5-7-11-17(14)20(21)13-19(3,4)15(2)16-10-6-8-12-18(16)20/h5-12,15H,13,21H2,1-4H3. The van der Waals surface area contributed by atoms with Gasteiger partial charge in [-0.25, -0.2) is 0 Å². The minimum Gasteiger partial charge on any atom is -0.318 e. The Morgan fingerprint density at radius 1 is 0.952 bits per heavy atom. The normalized spacial score (nSPS) is 27.2. The van der Waals surface area contributed by atoms with E-state index in [9.17, 15) is 0 Å². The molecule has 2 aromatic carbocycles. The van der Waals surface area contributed by atoms with E-state index in [4.69, 9.17) is 5.73 Å². The van der Waals surface area contributed by atoms with E-state index in [1.54, 1.807) is 0 Å². The van der Waals surface area contributed by atoms with Crippen molar-refractivity contribution in [3.8, 4) is 0 Å². The number of hydrogen-bond donors (Lipinski definition) is 1. The van der Waals surface area contributed by atoms with Gasteiger partial charge in [0.2, 0.25) is 0 Å². The summed E-state index contributed by atoms with van der Waals surface area (Å²) in [5.41, 5.74) is 12.1. The van der Waals surface area contributed by atoms with Crippen molar-refractivity contribution in [1.29, 1.82) is 0 Å². The molecule has 0 aliphatic heterocycles. The highest BCUT2D eigenvalue weighted by molar-refractivity contribution is 5.49. The molecule has 0 radical (unpaired) electrons. The minimum atomic E-state index is -0.391. The van der Waals surface area contributed by atoms with Crippen molar-refractivity contribution in [2.24, 2.45) is 11.1 Å². The molecule has 0 fully saturated rings. The van der Waals surface area contributed by atoms with Crippen LogP contribution in [0.4, 0.5) is 0 Å². The van der Waals surface area contributed by atoms with Crippen LogP contribution in [-0.4, -0.2) is 0 Å². The van der Waals surface area contributed by atoms with E-state index in [-0.39, 0.29) is 5.41 Å². The zero-order chi connectivity index (χ0) is 15.3. The van der Waals surface area contributed by atoms with Crippen LogP contribution >= 0.6 is 0 Å². The Hall–Kier alpha value is -1.60. The van der Waals surface area contributed by atoms with Crippen molar-refractivity contribution in [3.05, 3.63) is 70.8 Å². The molecule has 0 bridgehead atoms. The average molecular weight is 279 g/mol. The average Bonchev–Trinajstić information content (AvgIpc) is 2.45. The number of fused-ring (bicyclic) bond motifs is 1. The summed E-state index contributed by atoms with van der Waals surface area (Å²) < 4.78 is 0. The zero-order valence-electron chi connectivity index (χ0n) is 13.5. The molecule has 21 heavy (non-hydrogen) atoms.